The van der Waals surface area contributed by atoms with Crippen LogP contribution in [0.5, 0.6) is 5.75 Å². The number of halogens is 3. The number of ether oxygens (including phenoxy) is 2. The molecule has 1 aromatic rings. The number of benzene rings is 1. The van der Waals surface area contributed by atoms with Gasteiger partial charge in [-0.25, -0.2) is 4.79 Å². The van der Waals surface area contributed by atoms with Crippen LogP contribution in [0.4, 0.5) is 13.2 Å². The van der Waals surface area contributed by atoms with Crippen molar-refractivity contribution < 1.29 is 27.4 Å². The molecule has 0 aliphatic carbocycles. The normalized spacial score (nSPS) is 12.0. The Hall–Kier alpha value is -2.24. The topological polar surface area (TPSA) is 35.5 Å². The summed E-state index contributed by atoms with van der Waals surface area (Å²) in [6.07, 6.45) is 1.29. The summed E-state index contributed by atoms with van der Waals surface area (Å²) in [4.78, 5) is 11.0. The molecule has 0 saturated carbocycles. The molecule has 0 spiro atoms. The number of alkyl halides is 3. The van der Waals surface area contributed by atoms with Gasteiger partial charge < -0.3 is 9.47 Å². The van der Waals surface area contributed by atoms with Crippen LogP contribution < -0.4 is 4.74 Å². The smallest absolute Gasteiger partial charge is 0.416 e. The van der Waals surface area contributed by atoms with E-state index < -0.39 is 17.7 Å². The van der Waals surface area contributed by atoms with Crippen molar-refractivity contribution in [3.63, 3.8) is 0 Å². The lowest BCUT2D eigenvalue weighted by molar-refractivity contribution is -0.138. The SMILES string of the molecule is CCOC(=O)/C=C/C=C/c1ccc(C(F)(F)F)cc1OC. The highest BCUT2D eigenvalue weighted by atomic mass is 19.4. The van der Waals surface area contributed by atoms with Crippen LogP contribution in [-0.4, -0.2) is 19.7 Å². The summed E-state index contributed by atoms with van der Waals surface area (Å²) in [5.74, 6) is -0.382. The molecule has 0 saturated heterocycles. The molecule has 21 heavy (non-hydrogen) atoms. The number of carbonyl (C=O) groups excluding carboxylic acids is 1. The van der Waals surface area contributed by atoms with Crippen molar-refractivity contribution in [2.75, 3.05) is 13.7 Å². The van der Waals surface area contributed by atoms with Crippen molar-refractivity contribution >= 4 is 12.0 Å². The Balaban J connectivity index is 2.87. The van der Waals surface area contributed by atoms with Crippen molar-refractivity contribution in [1.29, 1.82) is 0 Å². The summed E-state index contributed by atoms with van der Waals surface area (Å²) >= 11 is 0. The van der Waals surface area contributed by atoms with Crippen LogP contribution in [0.2, 0.25) is 0 Å². The predicted octanol–water partition coefficient (Wildman–Crippen LogP) is 3.85. The number of hydrogen-bond acceptors (Lipinski definition) is 3. The third kappa shape index (κ3) is 5.33. The first-order chi connectivity index (χ1) is 9.88. The third-order valence-corrected chi connectivity index (χ3v) is 2.47. The van der Waals surface area contributed by atoms with Gasteiger partial charge in [0.1, 0.15) is 5.75 Å². The average Bonchev–Trinajstić information content (AvgIpc) is 2.42. The number of carbonyl (C=O) groups is 1. The molecule has 0 unspecified atom stereocenters. The minimum atomic E-state index is -4.42. The number of esters is 1. The summed E-state index contributed by atoms with van der Waals surface area (Å²) < 4.78 is 47.3. The molecule has 0 heterocycles. The molecule has 0 amide bonds. The fraction of sp³-hybridized carbons (Fsp3) is 0.267. The van der Waals surface area contributed by atoms with Crippen LogP contribution in [0, 0.1) is 0 Å². The summed E-state index contributed by atoms with van der Waals surface area (Å²) in [7, 11) is 1.29. The molecule has 1 rings (SSSR count). The van der Waals surface area contributed by atoms with Gasteiger partial charge >= 0.3 is 12.1 Å². The summed E-state index contributed by atoms with van der Waals surface area (Å²) in [6.45, 7) is 1.97. The van der Waals surface area contributed by atoms with E-state index in [0.29, 0.717) is 5.56 Å². The van der Waals surface area contributed by atoms with Crippen LogP contribution in [0.3, 0.4) is 0 Å². The Bertz CT molecular complexity index is 546. The van der Waals surface area contributed by atoms with Gasteiger partial charge in [-0.2, -0.15) is 13.2 Å². The maximum Gasteiger partial charge on any atom is 0.416 e. The Morgan fingerprint density at radius 1 is 1.29 bits per heavy atom. The molecule has 0 bridgehead atoms. The summed E-state index contributed by atoms with van der Waals surface area (Å²) in [5.41, 5.74) is -0.308. The molecule has 0 aliphatic heterocycles. The maximum atomic E-state index is 12.6. The van der Waals surface area contributed by atoms with E-state index in [-0.39, 0.29) is 12.4 Å². The van der Waals surface area contributed by atoms with E-state index in [1.54, 1.807) is 6.92 Å². The van der Waals surface area contributed by atoms with Crippen LogP contribution in [-0.2, 0) is 15.7 Å². The minimum Gasteiger partial charge on any atom is -0.496 e. The molecule has 6 heteroatoms. The highest BCUT2D eigenvalue weighted by Gasteiger charge is 2.31. The lowest BCUT2D eigenvalue weighted by atomic mass is 10.1. The predicted molar refractivity (Wildman–Crippen MR) is 72.8 cm³/mol. The fourth-order valence-corrected chi connectivity index (χ4v) is 1.51. The van der Waals surface area contributed by atoms with Crippen molar-refractivity contribution in [3.8, 4) is 5.75 Å². The van der Waals surface area contributed by atoms with Crippen LogP contribution in [0.15, 0.2) is 36.4 Å². The highest BCUT2D eigenvalue weighted by molar-refractivity contribution is 5.82. The second-order valence-corrected chi connectivity index (χ2v) is 3.92. The van der Waals surface area contributed by atoms with E-state index in [0.717, 1.165) is 12.1 Å². The van der Waals surface area contributed by atoms with E-state index >= 15 is 0 Å². The zero-order chi connectivity index (χ0) is 15.9. The first-order valence-corrected chi connectivity index (χ1v) is 6.15. The van der Waals surface area contributed by atoms with Crippen LogP contribution in [0.1, 0.15) is 18.1 Å². The number of rotatable bonds is 5. The van der Waals surface area contributed by atoms with E-state index in [9.17, 15) is 18.0 Å². The molecule has 1 aromatic carbocycles. The van der Waals surface area contributed by atoms with Crippen molar-refractivity contribution in [2.45, 2.75) is 13.1 Å². The Labute approximate surface area is 120 Å². The molecule has 3 nitrogen and oxygen atoms in total. The lowest BCUT2D eigenvalue weighted by Crippen LogP contribution is -2.05. The van der Waals surface area contributed by atoms with Gasteiger partial charge in [0.25, 0.3) is 0 Å². The van der Waals surface area contributed by atoms with Gasteiger partial charge in [0.2, 0.25) is 0 Å². The first kappa shape index (κ1) is 16.8. The summed E-state index contributed by atoms with van der Waals surface area (Å²) in [5, 5.41) is 0. The molecule has 0 aliphatic rings. The maximum absolute atomic E-state index is 12.6. The van der Waals surface area contributed by atoms with E-state index in [4.69, 9.17) is 4.74 Å². The van der Waals surface area contributed by atoms with Crippen molar-refractivity contribution in [1.82, 2.24) is 0 Å². The molecule has 0 fully saturated rings. The highest BCUT2D eigenvalue weighted by Crippen LogP contribution is 2.33. The Kier molecular flexibility index (Phi) is 6.02. The second-order valence-electron chi connectivity index (χ2n) is 3.92. The number of methoxy groups -OCH3 is 1. The van der Waals surface area contributed by atoms with Gasteiger partial charge in [-0.1, -0.05) is 24.3 Å². The van der Waals surface area contributed by atoms with Crippen molar-refractivity contribution in [2.24, 2.45) is 0 Å². The number of hydrogen-bond donors (Lipinski definition) is 0. The van der Waals surface area contributed by atoms with Gasteiger partial charge in [-0.15, -0.1) is 0 Å². The summed E-state index contributed by atoms with van der Waals surface area (Å²) in [6, 6.07) is 3.20. The average molecular weight is 300 g/mol. The zero-order valence-electron chi connectivity index (χ0n) is 11.6. The van der Waals surface area contributed by atoms with E-state index in [1.165, 1.54) is 37.5 Å². The van der Waals surface area contributed by atoms with Crippen LogP contribution in [0.25, 0.3) is 6.08 Å². The molecule has 0 N–H and O–H groups in total. The van der Waals surface area contributed by atoms with E-state index in [1.807, 2.05) is 0 Å². The van der Waals surface area contributed by atoms with Gasteiger partial charge in [0, 0.05) is 11.6 Å². The second kappa shape index (κ2) is 7.52. The largest absolute Gasteiger partial charge is 0.496 e. The van der Waals surface area contributed by atoms with Gasteiger partial charge in [0.15, 0.2) is 0 Å². The zero-order valence-corrected chi connectivity index (χ0v) is 11.6. The van der Waals surface area contributed by atoms with Crippen LogP contribution >= 0.6 is 0 Å². The Morgan fingerprint density at radius 2 is 2.00 bits per heavy atom. The molecule has 0 radical (unpaired) electrons. The van der Waals surface area contributed by atoms with Gasteiger partial charge in [0.05, 0.1) is 19.3 Å². The standard InChI is InChI=1S/C15H15F3O3/c1-3-21-14(19)7-5-4-6-11-8-9-12(15(16,17)18)10-13(11)20-2/h4-10H,3H2,1-2H3/b6-4+,7-5+. The van der Waals surface area contributed by atoms with E-state index in [2.05, 4.69) is 4.74 Å². The van der Waals surface area contributed by atoms with Gasteiger partial charge in [-0.3, -0.25) is 0 Å². The first-order valence-electron chi connectivity index (χ1n) is 6.15. The molecular weight excluding hydrogens is 285 g/mol. The Morgan fingerprint density at radius 3 is 2.57 bits per heavy atom. The van der Waals surface area contributed by atoms with Gasteiger partial charge in [-0.05, 0) is 19.1 Å². The number of allylic oxidation sites excluding steroid dienone is 2. The lowest BCUT2D eigenvalue weighted by Gasteiger charge is -2.10. The monoisotopic (exact) mass is 300 g/mol. The fourth-order valence-electron chi connectivity index (χ4n) is 1.51. The minimum absolute atomic E-state index is 0.102. The third-order valence-electron chi connectivity index (χ3n) is 2.47. The molecule has 0 aromatic heterocycles. The molecule has 0 atom stereocenters. The molecule has 114 valence electrons. The van der Waals surface area contributed by atoms with Crippen molar-refractivity contribution in [3.05, 3.63) is 47.6 Å². The quantitative estimate of drug-likeness (QED) is 0.471. The molecular formula is C15H15F3O3.